The van der Waals surface area contributed by atoms with Crippen molar-refractivity contribution in [2.45, 2.75) is 20.3 Å². The van der Waals surface area contributed by atoms with Crippen molar-refractivity contribution in [1.82, 2.24) is 0 Å². The number of carbonyl (C=O) groups excluding carboxylic acids is 1. The maximum absolute atomic E-state index is 10.9. The molecule has 1 atom stereocenters. The first-order valence-corrected chi connectivity index (χ1v) is 3.30. The standard InChI is InChI=1S/C7H12O4/c1-4-7(2,5(8)9)6(10)11-3/h4H2,1-3H3,(H,8,9). The Labute approximate surface area is 65.2 Å². The van der Waals surface area contributed by atoms with Crippen LogP contribution in [0.15, 0.2) is 0 Å². The lowest BCUT2D eigenvalue weighted by atomic mass is 9.88. The van der Waals surface area contributed by atoms with Crippen LogP contribution in [0.25, 0.3) is 0 Å². The second-order valence-corrected chi connectivity index (χ2v) is 2.48. The third-order valence-electron chi connectivity index (χ3n) is 1.82. The van der Waals surface area contributed by atoms with E-state index in [0.717, 1.165) is 0 Å². The number of hydrogen-bond donors (Lipinski definition) is 1. The van der Waals surface area contributed by atoms with Crippen molar-refractivity contribution < 1.29 is 19.4 Å². The van der Waals surface area contributed by atoms with Gasteiger partial charge < -0.3 is 9.84 Å². The predicted molar refractivity (Wildman–Crippen MR) is 38.0 cm³/mol. The van der Waals surface area contributed by atoms with E-state index in [1.54, 1.807) is 6.92 Å². The molecule has 0 bridgehead atoms. The molecule has 0 saturated heterocycles. The van der Waals surface area contributed by atoms with Crippen LogP contribution in [0.5, 0.6) is 0 Å². The van der Waals surface area contributed by atoms with Crippen molar-refractivity contribution in [1.29, 1.82) is 0 Å². The zero-order valence-electron chi connectivity index (χ0n) is 6.88. The molecule has 0 radical (unpaired) electrons. The number of hydrogen-bond acceptors (Lipinski definition) is 3. The minimum atomic E-state index is -1.39. The molecule has 4 heteroatoms. The van der Waals surface area contributed by atoms with E-state index < -0.39 is 17.4 Å². The summed E-state index contributed by atoms with van der Waals surface area (Å²) in [4.78, 5) is 21.5. The Morgan fingerprint density at radius 2 is 2.00 bits per heavy atom. The third kappa shape index (κ3) is 1.69. The molecule has 0 aliphatic carbocycles. The van der Waals surface area contributed by atoms with E-state index in [2.05, 4.69) is 4.74 Å². The van der Waals surface area contributed by atoms with Gasteiger partial charge in [-0.3, -0.25) is 9.59 Å². The van der Waals surface area contributed by atoms with Crippen LogP contribution in [0.2, 0.25) is 0 Å². The molecule has 0 amide bonds. The second-order valence-electron chi connectivity index (χ2n) is 2.48. The fourth-order valence-corrected chi connectivity index (χ4v) is 0.608. The summed E-state index contributed by atoms with van der Waals surface area (Å²) in [6.07, 6.45) is 0.231. The van der Waals surface area contributed by atoms with Crippen LogP contribution in [0, 0.1) is 5.41 Å². The van der Waals surface area contributed by atoms with Gasteiger partial charge in [-0.05, 0) is 13.3 Å². The number of ether oxygens (including phenoxy) is 1. The maximum atomic E-state index is 10.9. The van der Waals surface area contributed by atoms with Crippen molar-refractivity contribution in [2.24, 2.45) is 5.41 Å². The average molecular weight is 160 g/mol. The Morgan fingerprint density at radius 1 is 1.55 bits per heavy atom. The van der Waals surface area contributed by atoms with Gasteiger partial charge in [0.05, 0.1) is 7.11 Å². The molecule has 0 aromatic rings. The summed E-state index contributed by atoms with van der Waals surface area (Å²) in [5, 5.41) is 8.63. The number of carbonyl (C=O) groups is 2. The van der Waals surface area contributed by atoms with Crippen molar-refractivity contribution in [3.63, 3.8) is 0 Å². The first kappa shape index (κ1) is 9.94. The van der Waals surface area contributed by atoms with E-state index >= 15 is 0 Å². The number of carboxylic acid groups (broad SMARTS) is 1. The summed E-state index contributed by atoms with van der Waals surface area (Å²) in [5.41, 5.74) is -1.39. The first-order chi connectivity index (χ1) is 4.99. The monoisotopic (exact) mass is 160 g/mol. The van der Waals surface area contributed by atoms with Crippen LogP contribution >= 0.6 is 0 Å². The molecular weight excluding hydrogens is 148 g/mol. The zero-order valence-corrected chi connectivity index (χ0v) is 6.88. The highest BCUT2D eigenvalue weighted by Gasteiger charge is 2.40. The number of esters is 1. The Morgan fingerprint density at radius 3 is 2.09 bits per heavy atom. The van der Waals surface area contributed by atoms with E-state index in [1.807, 2.05) is 0 Å². The normalized spacial score (nSPS) is 15.2. The largest absolute Gasteiger partial charge is 0.480 e. The summed E-state index contributed by atoms with van der Waals surface area (Å²) < 4.78 is 4.35. The van der Waals surface area contributed by atoms with Gasteiger partial charge in [0.2, 0.25) is 0 Å². The lowest BCUT2D eigenvalue weighted by Crippen LogP contribution is -2.36. The molecule has 0 aliphatic rings. The van der Waals surface area contributed by atoms with E-state index in [-0.39, 0.29) is 6.42 Å². The summed E-state index contributed by atoms with van der Waals surface area (Å²) >= 11 is 0. The SMILES string of the molecule is CCC(C)(C(=O)O)C(=O)OC. The third-order valence-corrected chi connectivity index (χ3v) is 1.82. The van der Waals surface area contributed by atoms with Crippen LogP contribution in [0.4, 0.5) is 0 Å². The maximum Gasteiger partial charge on any atom is 0.322 e. The molecule has 0 heterocycles. The molecule has 1 unspecified atom stereocenters. The van der Waals surface area contributed by atoms with Gasteiger partial charge in [0.1, 0.15) is 0 Å². The van der Waals surface area contributed by atoms with Crippen molar-refractivity contribution in [3.8, 4) is 0 Å². The molecule has 0 fully saturated rings. The van der Waals surface area contributed by atoms with Gasteiger partial charge >= 0.3 is 11.9 Å². The lowest BCUT2D eigenvalue weighted by Gasteiger charge is -2.18. The minimum absolute atomic E-state index is 0.231. The van der Waals surface area contributed by atoms with E-state index in [9.17, 15) is 9.59 Å². The van der Waals surface area contributed by atoms with Gasteiger partial charge in [0.15, 0.2) is 5.41 Å². The fraction of sp³-hybridized carbons (Fsp3) is 0.714. The topological polar surface area (TPSA) is 63.6 Å². The van der Waals surface area contributed by atoms with Gasteiger partial charge in [-0.25, -0.2) is 0 Å². The van der Waals surface area contributed by atoms with Crippen LogP contribution in [-0.4, -0.2) is 24.2 Å². The van der Waals surface area contributed by atoms with Gasteiger partial charge in [0, 0.05) is 0 Å². The molecular formula is C7H12O4. The van der Waals surface area contributed by atoms with Crippen LogP contribution < -0.4 is 0 Å². The van der Waals surface area contributed by atoms with Crippen LogP contribution in [-0.2, 0) is 14.3 Å². The molecule has 0 spiro atoms. The zero-order chi connectivity index (χ0) is 9.07. The molecule has 4 nitrogen and oxygen atoms in total. The average Bonchev–Trinajstić information content (AvgIpc) is 2.01. The highest BCUT2D eigenvalue weighted by molar-refractivity contribution is 5.98. The Balaban J connectivity index is 4.59. The van der Waals surface area contributed by atoms with E-state index in [4.69, 9.17) is 5.11 Å². The highest BCUT2D eigenvalue weighted by Crippen LogP contribution is 2.22. The van der Waals surface area contributed by atoms with Gasteiger partial charge in [-0.1, -0.05) is 6.92 Å². The second kappa shape index (κ2) is 3.37. The van der Waals surface area contributed by atoms with Gasteiger partial charge in [0.25, 0.3) is 0 Å². The molecule has 0 aliphatic heterocycles. The first-order valence-electron chi connectivity index (χ1n) is 3.30. The number of methoxy groups -OCH3 is 1. The summed E-state index contributed by atoms with van der Waals surface area (Å²) in [6.45, 7) is 2.98. The summed E-state index contributed by atoms with van der Waals surface area (Å²) in [6, 6.07) is 0. The van der Waals surface area contributed by atoms with Crippen molar-refractivity contribution >= 4 is 11.9 Å². The number of rotatable bonds is 3. The van der Waals surface area contributed by atoms with Crippen molar-refractivity contribution in [2.75, 3.05) is 7.11 Å². The van der Waals surface area contributed by atoms with E-state index in [1.165, 1.54) is 14.0 Å². The van der Waals surface area contributed by atoms with Crippen LogP contribution in [0.3, 0.4) is 0 Å². The predicted octanol–water partition coefficient (Wildman–Crippen LogP) is 0.660. The molecule has 64 valence electrons. The van der Waals surface area contributed by atoms with Gasteiger partial charge in [-0.2, -0.15) is 0 Å². The Kier molecular flexibility index (Phi) is 3.04. The lowest BCUT2D eigenvalue weighted by molar-refractivity contribution is -0.165. The number of carboxylic acids is 1. The number of aliphatic carboxylic acids is 1. The molecule has 0 saturated carbocycles. The minimum Gasteiger partial charge on any atom is -0.480 e. The Hall–Kier alpha value is -1.06. The molecule has 0 aromatic heterocycles. The summed E-state index contributed by atoms with van der Waals surface area (Å²) in [5.74, 6) is -1.85. The highest BCUT2D eigenvalue weighted by atomic mass is 16.5. The fourth-order valence-electron chi connectivity index (χ4n) is 0.608. The smallest absolute Gasteiger partial charge is 0.322 e. The quantitative estimate of drug-likeness (QED) is 0.486. The molecule has 11 heavy (non-hydrogen) atoms. The molecule has 1 N–H and O–H groups in total. The molecule has 0 aromatic carbocycles. The van der Waals surface area contributed by atoms with Gasteiger partial charge in [-0.15, -0.1) is 0 Å². The summed E-state index contributed by atoms with van der Waals surface area (Å²) in [7, 11) is 1.18. The Bertz CT molecular complexity index is 175. The van der Waals surface area contributed by atoms with Crippen LogP contribution in [0.1, 0.15) is 20.3 Å². The molecule has 0 rings (SSSR count). The van der Waals surface area contributed by atoms with E-state index in [0.29, 0.717) is 0 Å². The van der Waals surface area contributed by atoms with Crippen molar-refractivity contribution in [3.05, 3.63) is 0 Å².